The van der Waals surface area contributed by atoms with Crippen LogP contribution in [0.15, 0.2) is 78.5 Å². The van der Waals surface area contributed by atoms with Crippen molar-refractivity contribution < 1.29 is 14.6 Å². The largest absolute Gasteiger partial charge is 0.478 e. The summed E-state index contributed by atoms with van der Waals surface area (Å²) in [5.74, 6) is -0.0172. The highest BCUT2D eigenvalue weighted by molar-refractivity contribution is 6.30. The van der Waals surface area contributed by atoms with E-state index in [1.807, 2.05) is 54.7 Å². The van der Waals surface area contributed by atoms with E-state index in [0.717, 1.165) is 67.2 Å². The van der Waals surface area contributed by atoms with E-state index in [4.69, 9.17) is 16.3 Å². The Bertz CT molecular complexity index is 1580. The fourth-order valence-corrected chi connectivity index (χ4v) is 6.25. The number of halogens is 1. The van der Waals surface area contributed by atoms with Crippen LogP contribution in [0.3, 0.4) is 0 Å². The summed E-state index contributed by atoms with van der Waals surface area (Å²) in [6, 6.07) is 21.3. The van der Waals surface area contributed by atoms with Gasteiger partial charge in [-0.05, 0) is 71.9 Å². The highest BCUT2D eigenvalue weighted by Gasteiger charge is 2.32. The molecular weight excluding hydrogens is 522 g/mol. The number of nitrogens with one attached hydrogen (secondary N) is 1. The van der Waals surface area contributed by atoms with Crippen LogP contribution in [-0.2, 0) is 0 Å². The average molecular weight is 556 g/mol. The monoisotopic (exact) mass is 555 g/mol. The number of anilines is 1. The van der Waals surface area contributed by atoms with Gasteiger partial charge in [0.25, 0.3) is 0 Å². The number of H-pyrrole nitrogens is 1. The molecule has 0 unspecified atom stereocenters. The number of aromatic carboxylic acids is 1. The quantitative estimate of drug-likeness (QED) is 0.244. The van der Waals surface area contributed by atoms with E-state index in [2.05, 4.69) is 40.8 Å². The van der Waals surface area contributed by atoms with Crippen LogP contribution in [-0.4, -0.2) is 53.7 Å². The SMILES string of the molecule is CC1(C)CC(CN2CCN(c3ccc(C(=O)O)c(Oc4cccc5[nH]ccc45)c3)CC2)=C(c2ccc(Cl)cc2)C1. The topological polar surface area (TPSA) is 68.8 Å². The number of allylic oxidation sites excluding steroid dienone is 1. The molecule has 0 amide bonds. The summed E-state index contributed by atoms with van der Waals surface area (Å²) in [6.07, 6.45) is 4.04. The number of benzene rings is 3. The fourth-order valence-electron chi connectivity index (χ4n) is 6.13. The van der Waals surface area contributed by atoms with Crippen molar-refractivity contribution in [3.63, 3.8) is 0 Å². The van der Waals surface area contributed by atoms with E-state index < -0.39 is 5.97 Å². The molecule has 1 aliphatic carbocycles. The minimum atomic E-state index is -1.00. The molecule has 3 aromatic carbocycles. The maximum absolute atomic E-state index is 12.0. The van der Waals surface area contributed by atoms with Crippen LogP contribution < -0.4 is 9.64 Å². The number of carbonyl (C=O) groups is 1. The first-order valence-corrected chi connectivity index (χ1v) is 14.2. The van der Waals surface area contributed by atoms with Gasteiger partial charge in [-0.1, -0.05) is 49.2 Å². The van der Waals surface area contributed by atoms with Gasteiger partial charge < -0.3 is 19.7 Å². The summed E-state index contributed by atoms with van der Waals surface area (Å²) >= 11 is 6.16. The summed E-state index contributed by atoms with van der Waals surface area (Å²) in [5, 5.41) is 11.5. The molecule has 1 aromatic heterocycles. The van der Waals surface area contributed by atoms with Crippen LogP contribution in [0.2, 0.25) is 5.02 Å². The summed E-state index contributed by atoms with van der Waals surface area (Å²) in [6.45, 7) is 9.30. The number of nitrogens with zero attached hydrogens (tertiary/aromatic N) is 2. The number of aromatic amines is 1. The number of piperazine rings is 1. The summed E-state index contributed by atoms with van der Waals surface area (Å²) < 4.78 is 6.21. The Labute approximate surface area is 239 Å². The third kappa shape index (κ3) is 5.47. The van der Waals surface area contributed by atoms with Gasteiger partial charge in [0.2, 0.25) is 0 Å². The van der Waals surface area contributed by atoms with Gasteiger partial charge in [-0.2, -0.15) is 0 Å². The van der Waals surface area contributed by atoms with Crippen LogP contribution in [0.1, 0.15) is 42.6 Å². The maximum atomic E-state index is 12.0. The lowest BCUT2D eigenvalue weighted by Gasteiger charge is -2.37. The number of carboxylic acids is 1. The number of hydrogen-bond donors (Lipinski definition) is 2. The predicted octanol–water partition coefficient (Wildman–Crippen LogP) is 7.71. The van der Waals surface area contributed by atoms with Crippen molar-refractivity contribution in [1.82, 2.24) is 9.88 Å². The van der Waals surface area contributed by atoms with Gasteiger partial charge in [-0.25, -0.2) is 4.79 Å². The summed E-state index contributed by atoms with van der Waals surface area (Å²) in [7, 11) is 0. The third-order valence-corrected chi connectivity index (χ3v) is 8.34. The van der Waals surface area contributed by atoms with Gasteiger partial charge in [0, 0.05) is 66.6 Å². The number of hydrogen-bond acceptors (Lipinski definition) is 4. The number of aromatic nitrogens is 1. The molecule has 0 atom stereocenters. The Morgan fingerprint density at radius 3 is 2.50 bits per heavy atom. The predicted molar refractivity (Wildman–Crippen MR) is 162 cm³/mol. The Morgan fingerprint density at radius 2 is 1.75 bits per heavy atom. The Morgan fingerprint density at radius 1 is 0.975 bits per heavy atom. The van der Waals surface area contributed by atoms with Crippen LogP contribution >= 0.6 is 11.6 Å². The highest BCUT2D eigenvalue weighted by atomic mass is 35.5. The van der Waals surface area contributed by atoms with E-state index in [-0.39, 0.29) is 11.0 Å². The number of rotatable bonds is 7. The van der Waals surface area contributed by atoms with Crippen molar-refractivity contribution in [3.8, 4) is 11.5 Å². The second kappa shape index (κ2) is 10.7. The zero-order valence-electron chi connectivity index (χ0n) is 22.9. The zero-order valence-corrected chi connectivity index (χ0v) is 23.7. The van der Waals surface area contributed by atoms with Gasteiger partial charge in [0.15, 0.2) is 0 Å². The van der Waals surface area contributed by atoms with Crippen LogP contribution in [0, 0.1) is 5.41 Å². The molecule has 0 radical (unpaired) electrons. The molecule has 40 heavy (non-hydrogen) atoms. The first-order chi connectivity index (χ1) is 19.3. The van der Waals surface area contributed by atoms with Crippen molar-refractivity contribution in [2.45, 2.75) is 26.7 Å². The lowest BCUT2D eigenvalue weighted by atomic mass is 9.88. The molecule has 0 spiro atoms. The lowest BCUT2D eigenvalue weighted by Crippen LogP contribution is -2.47. The number of fused-ring (bicyclic) bond motifs is 1. The van der Waals surface area contributed by atoms with Crippen molar-refractivity contribution in [2.75, 3.05) is 37.6 Å². The van der Waals surface area contributed by atoms with Crippen LogP contribution in [0.5, 0.6) is 11.5 Å². The van der Waals surface area contributed by atoms with Crippen LogP contribution in [0.4, 0.5) is 5.69 Å². The van der Waals surface area contributed by atoms with Crippen LogP contribution in [0.25, 0.3) is 16.5 Å². The Balaban J connectivity index is 1.17. The minimum Gasteiger partial charge on any atom is -0.478 e. The average Bonchev–Trinajstić information content (AvgIpc) is 3.54. The lowest BCUT2D eigenvalue weighted by molar-refractivity contribution is 0.0694. The smallest absolute Gasteiger partial charge is 0.339 e. The molecule has 1 saturated heterocycles. The molecule has 206 valence electrons. The molecule has 1 aliphatic heterocycles. The molecule has 2 aliphatic rings. The molecule has 1 fully saturated rings. The minimum absolute atomic E-state index is 0.153. The van der Waals surface area contributed by atoms with E-state index in [9.17, 15) is 9.90 Å². The summed E-state index contributed by atoms with van der Waals surface area (Å²) in [5.41, 5.74) is 6.61. The normalized spacial score (nSPS) is 17.5. The van der Waals surface area contributed by atoms with Gasteiger partial charge in [-0.15, -0.1) is 0 Å². The van der Waals surface area contributed by atoms with E-state index >= 15 is 0 Å². The van der Waals surface area contributed by atoms with Gasteiger partial charge >= 0.3 is 5.97 Å². The van der Waals surface area contributed by atoms with Crippen molar-refractivity contribution >= 4 is 39.7 Å². The zero-order chi connectivity index (χ0) is 27.9. The van der Waals surface area contributed by atoms with E-state index in [1.165, 1.54) is 16.7 Å². The first kappa shape index (κ1) is 26.5. The molecule has 0 saturated carbocycles. The van der Waals surface area contributed by atoms with Crippen molar-refractivity contribution in [3.05, 3.63) is 94.6 Å². The molecular formula is C33H34ClN3O3. The first-order valence-electron chi connectivity index (χ1n) is 13.8. The molecule has 0 bridgehead atoms. The van der Waals surface area contributed by atoms with Gasteiger partial charge in [0.1, 0.15) is 17.1 Å². The van der Waals surface area contributed by atoms with Crippen molar-refractivity contribution in [2.24, 2.45) is 5.41 Å². The van der Waals surface area contributed by atoms with Crippen molar-refractivity contribution in [1.29, 1.82) is 0 Å². The number of ether oxygens (including phenoxy) is 1. The third-order valence-electron chi connectivity index (χ3n) is 8.09. The Kier molecular flexibility index (Phi) is 7.07. The van der Waals surface area contributed by atoms with E-state index in [1.54, 1.807) is 6.07 Å². The Hall–Kier alpha value is -3.74. The molecule has 2 N–H and O–H groups in total. The number of carboxylic acid groups (broad SMARTS) is 1. The molecule has 2 heterocycles. The fraction of sp³-hybridized carbons (Fsp3) is 0.303. The second-order valence-corrected chi connectivity index (χ2v) is 12.1. The second-order valence-electron chi connectivity index (χ2n) is 11.7. The van der Waals surface area contributed by atoms with E-state index in [0.29, 0.717) is 11.5 Å². The standard InChI is InChI=1S/C33H34ClN3O3/c1-33(2)19-23(28(20-33)22-6-8-24(34)9-7-22)21-36-14-16-37(17-15-36)25-10-11-27(32(38)39)31(18-25)40-30-5-3-4-29-26(30)12-13-35-29/h3-13,18,35H,14-17,19-21H2,1-2H3,(H,38,39). The molecule has 4 aromatic rings. The highest BCUT2D eigenvalue weighted by Crippen LogP contribution is 2.46. The van der Waals surface area contributed by atoms with Gasteiger partial charge in [-0.3, -0.25) is 4.90 Å². The summed E-state index contributed by atoms with van der Waals surface area (Å²) in [4.78, 5) is 20.0. The molecule has 7 heteroatoms. The van der Waals surface area contributed by atoms with Gasteiger partial charge in [0.05, 0.1) is 0 Å². The molecule has 6 rings (SSSR count). The maximum Gasteiger partial charge on any atom is 0.339 e. The molecule has 6 nitrogen and oxygen atoms in total.